The second-order valence-corrected chi connectivity index (χ2v) is 4.11. The molecule has 14 heavy (non-hydrogen) atoms. The number of hydrogen-bond donors (Lipinski definition) is 0. The Morgan fingerprint density at radius 2 is 1.79 bits per heavy atom. The predicted octanol–water partition coefficient (Wildman–Crippen LogP) is 4.45. The highest BCUT2D eigenvalue weighted by molar-refractivity contribution is 5.15. The lowest BCUT2D eigenvalue weighted by molar-refractivity contribution is 0.449. The zero-order valence-electron chi connectivity index (χ0n) is 9.50. The zero-order chi connectivity index (χ0) is 10.2. The fraction of sp³-hybridized carbons (Fsp3) is 0.571. The highest BCUT2D eigenvalue weighted by Crippen LogP contribution is 2.18. The molecule has 0 aliphatic rings. The van der Waals surface area contributed by atoms with Crippen molar-refractivity contribution in [2.24, 2.45) is 5.92 Å². The molecule has 78 valence electrons. The number of rotatable bonds is 6. The van der Waals surface area contributed by atoms with Gasteiger partial charge in [0.25, 0.3) is 0 Å². The summed E-state index contributed by atoms with van der Waals surface area (Å²) >= 11 is 0. The van der Waals surface area contributed by atoms with Gasteiger partial charge in [-0.05, 0) is 17.9 Å². The Labute approximate surface area is 88.4 Å². The molecular formula is C14H22. The van der Waals surface area contributed by atoms with Crippen LogP contribution in [-0.4, -0.2) is 0 Å². The van der Waals surface area contributed by atoms with Crippen LogP contribution in [0.25, 0.3) is 0 Å². The third kappa shape index (κ3) is 3.95. The SMILES string of the molecule is CCCC[C@H](CC)Cc1ccccc1. The molecule has 0 spiro atoms. The third-order valence-electron chi connectivity index (χ3n) is 2.91. The zero-order valence-corrected chi connectivity index (χ0v) is 9.50. The molecule has 0 amide bonds. The Bertz CT molecular complexity index is 225. The summed E-state index contributed by atoms with van der Waals surface area (Å²) in [6.45, 7) is 4.58. The smallest absolute Gasteiger partial charge is 0.0250 e. The van der Waals surface area contributed by atoms with Crippen LogP contribution >= 0.6 is 0 Å². The molecule has 0 bridgehead atoms. The van der Waals surface area contributed by atoms with Crippen molar-refractivity contribution in [3.8, 4) is 0 Å². The van der Waals surface area contributed by atoms with E-state index < -0.39 is 0 Å². The molecule has 0 aromatic heterocycles. The summed E-state index contributed by atoms with van der Waals surface area (Å²) in [5, 5.41) is 0. The van der Waals surface area contributed by atoms with Crippen molar-refractivity contribution >= 4 is 0 Å². The first-order valence-electron chi connectivity index (χ1n) is 5.90. The molecule has 1 aromatic rings. The van der Waals surface area contributed by atoms with E-state index in [4.69, 9.17) is 0 Å². The van der Waals surface area contributed by atoms with Crippen molar-refractivity contribution in [2.45, 2.75) is 46.0 Å². The standard InChI is InChI=1S/C14H22/c1-3-5-9-13(4-2)12-14-10-7-6-8-11-14/h6-8,10-11,13H,3-5,9,12H2,1-2H3/t13-/m0/s1. The van der Waals surface area contributed by atoms with Crippen molar-refractivity contribution in [1.29, 1.82) is 0 Å². The summed E-state index contributed by atoms with van der Waals surface area (Å²) in [4.78, 5) is 0. The Balaban J connectivity index is 2.40. The van der Waals surface area contributed by atoms with Gasteiger partial charge in [0.1, 0.15) is 0 Å². The van der Waals surface area contributed by atoms with Gasteiger partial charge in [-0.15, -0.1) is 0 Å². The van der Waals surface area contributed by atoms with Crippen LogP contribution in [0, 0.1) is 5.92 Å². The summed E-state index contributed by atoms with van der Waals surface area (Å²) in [5.74, 6) is 0.886. The van der Waals surface area contributed by atoms with E-state index in [1.54, 1.807) is 0 Å². The first-order valence-corrected chi connectivity index (χ1v) is 5.90. The molecule has 0 aliphatic heterocycles. The van der Waals surface area contributed by atoms with E-state index in [1.807, 2.05) is 0 Å². The predicted molar refractivity (Wildman–Crippen MR) is 63.5 cm³/mol. The van der Waals surface area contributed by atoms with Gasteiger partial charge < -0.3 is 0 Å². The van der Waals surface area contributed by atoms with E-state index >= 15 is 0 Å². The van der Waals surface area contributed by atoms with Crippen LogP contribution in [0.15, 0.2) is 30.3 Å². The van der Waals surface area contributed by atoms with Gasteiger partial charge >= 0.3 is 0 Å². The molecule has 1 aromatic carbocycles. The van der Waals surface area contributed by atoms with E-state index in [1.165, 1.54) is 37.7 Å². The summed E-state index contributed by atoms with van der Waals surface area (Å²) in [6, 6.07) is 10.9. The molecule has 0 nitrogen and oxygen atoms in total. The van der Waals surface area contributed by atoms with Crippen molar-refractivity contribution in [3.63, 3.8) is 0 Å². The number of hydrogen-bond acceptors (Lipinski definition) is 0. The normalized spacial score (nSPS) is 12.7. The number of benzene rings is 1. The fourth-order valence-corrected chi connectivity index (χ4v) is 1.89. The molecule has 1 rings (SSSR count). The molecule has 0 fully saturated rings. The first kappa shape index (κ1) is 11.3. The fourth-order valence-electron chi connectivity index (χ4n) is 1.89. The Morgan fingerprint density at radius 1 is 1.07 bits per heavy atom. The molecule has 0 unspecified atom stereocenters. The maximum absolute atomic E-state index is 2.31. The quantitative estimate of drug-likeness (QED) is 0.622. The highest BCUT2D eigenvalue weighted by atomic mass is 14.1. The maximum atomic E-state index is 2.31. The molecule has 0 saturated heterocycles. The van der Waals surface area contributed by atoms with E-state index in [-0.39, 0.29) is 0 Å². The summed E-state index contributed by atoms with van der Waals surface area (Å²) in [6.07, 6.45) is 6.67. The minimum atomic E-state index is 0.886. The lowest BCUT2D eigenvalue weighted by Gasteiger charge is -2.13. The summed E-state index contributed by atoms with van der Waals surface area (Å²) < 4.78 is 0. The summed E-state index contributed by atoms with van der Waals surface area (Å²) in [7, 11) is 0. The molecule has 0 saturated carbocycles. The van der Waals surface area contributed by atoms with Crippen molar-refractivity contribution < 1.29 is 0 Å². The molecule has 0 heterocycles. The minimum absolute atomic E-state index is 0.886. The second kappa shape index (κ2) is 6.64. The van der Waals surface area contributed by atoms with Crippen molar-refractivity contribution in [3.05, 3.63) is 35.9 Å². The van der Waals surface area contributed by atoms with Gasteiger partial charge in [-0.3, -0.25) is 0 Å². The van der Waals surface area contributed by atoms with Gasteiger partial charge in [0, 0.05) is 0 Å². The maximum Gasteiger partial charge on any atom is -0.0250 e. The number of unbranched alkanes of at least 4 members (excludes halogenated alkanes) is 1. The van der Waals surface area contributed by atoms with Gasteiger partial charge in [-0.2, -0.15) is 0 Å². The van der Waals surface area contributed by atoms with Crippen LogP contribution in [0.2, 0.25) is 0 Å². The van der Waals surface area contributed by atoms with Crippen molar-refractivity contribution in [2.75, 3.05) is 0 Å². The average molecular weight is 190 g/mol. The lowest BCUT2D eigenvalue weighted by Crippen LogP contribution is -2.03. The van der Waals surface area contributed by atoms with Gasteiger partial charge in [-0.1, -0.05) is 69.9 Å². The minimum Gasteiger partial charge on any atom is -0.0654 e. The Kier molecular flexibility index (Phi) is 5.36. The highest BCUT2D eigenvalue weighted by Gasteiger charge is 2.06. The van der Waals surface area contributed by atoms with Crippen LogP contribution in [-0.2, 0) is 6.42 Å². The molecule has 0 heteroatoms. The van der Waals surface area contributed by atoms with Gasteiger partial charge in [0.05, 0.1) is 0 Å². The van der Waals surface area contributed by atoms with E-state index in [0.717, 1.165) is 5.92 Å². The second-order valence-electron chi connectivity index (χ2n) is 4.11. The largest absolute Gasteiger partial charge is 0.0654 e. The van der Waals surface area contributed by atoms with Gasteiger partial charge in [0.2, 0.25) is 0 Å². The van der Waals surface area contributed by atoms with Crippen molar-refractivity contribution in [1.82, 2.24) is 0 Å². The van der Waals surface area contributed by atoms with E-state index in [2.05, 4.69) is 44.2 Å². The lowest BCUT2D eigenvalue weighted by atomic mass is 9.92. The Hall–Kier alpha value is -0.780. The third-order valence-corrected chi connectivity index (χ3v) is 2.91. The van der Waals surface area contributed by atoms with Crippen LogP contribution in [0.5, 0.6) is 0 Å². The Morgan fingerprint density at radius 3 is 2.36 bits per heavy atom. The average Bonchev–Trinajstić information content (AvgIpc) is 2.25. The van der Waals surface area contributed by atoms with Crippen LogP contribution in [0.3, 0.4) is 0 Å². The molecule has 0 radical (unpaired) electrons. The van der Waals surface area contributed by atoms with Crippen LogP contribution in [0.1, 0.15) is 45.1 Å². The topological polar surface area (TPSA) is 0 Å². The molecule has 0 aliphatic carbocycles. The molecule has 1 atom stereocenters. The monoisotopic (exact) mass is 190 g/mol. The van der Waals surface area contributed by atoms with Crippen LogP contribution < -0.4 is 0 Å². The first-order chi connectivity index (χ1) is 6.86. The van der Waals surface area contributed by atoms with Gasteiger partial charge in [-0.25, -0.2) is 0 Å². The van der Waals surface area contributed by atoms with Crippen LogP contribution in [0.4, 0.5) is 0 Å². The summed E-state index contributed by atoms with van der Waals surface area (Å²) in [5.41, 5.74) is 1.50. The van der Waals surface area contributed by atoms with E-state index in [0.29, 0.717) is 0 Å². The molecule has 0 N–H and O–H groups in total. The van der Waals surface area contributed by atoms with Gasteiger partial charge in [0.15, 0.2) is 0 Å². The molecular weight excluding hydrogens is 168 g/mol. The van der Waals surface area contributed by atoms with E-state index in [9.17, 15) is 0 Å².